The number of likely N-dealkylation sites (N-methyl/N-ethyl adjacent to an activating group) is 1. The summed E-state index contributed by atoms with van der Waals surface area (Å²) in [5.74, 6) is 1.07. The number of rotatable bonds is 14. The van der Waals surface area contributed by atoms with Crippen LogP contribution in [0.5, 0.6) is 5.75 Å². The van der Waals surface area contributed by atoms with Crippen LogP contribution in [-0.2, 0) is 13.0 Å². The van der Waals surface area contributed by atoms with Gasteiger partial charge >= 0.3 is 6.03 Å². The molecule has 8 nitrogen and oxygen atoms in total. The van der Waals surface area contributed by atoms with E-state index in [9.17, 15) is 9.59 Å². The molecule has 0 saturated carbocycles. The normalized spacial score (nSPS) is 11.4. The molecule has 3 aromatic carbocycles. The number of aromatic nitrogens is 2. The number of nitrogens with one attached hydrogen (secondary N) is 2. The lowest BCUT2D eigenvalue weighted by atomic mass is 9.93. The number of anilines is 2. The molecule has 0 aliphatic rings. The van der Waals surface area contributed by atoms with Crippen molar-refractivity contribution in [3.05, 3.63) is 118 Å². The molecule has 2 amide bonds. The summed E-state index contributed by atoms with van der Waals surface area (Å²) in [6, 6.07) is 27.2. The van der Waals surface area contributed by atoms with Gasteiger partial charge in [-0.1, -0.05) is 102 Å². The van der Waals surface area contributed by atoms with Crippen LogP contribution in [0, 0.1) is 0 Å². The minimum Gasteiger partial charge on any atom is -0.492 e. The zero-order valence-electron chi connectivity index (χ0n) is 29.6. The third-order valence-electron chi connectivity index (χ3n) is 9.03. The van der Waals surface area contributed by atoms with Gasteiger partial charge in [0, 0.05) is 35.9 Å². The van der Waals surface area contributed by atoms with Gasteiger partial charge < -0.3 is 20.3 Å². The number of carbonyl (C=O) groups is 1. The van der Waals surface area contributed by atoms with Crippen LogP contribution < -0.4 is 20.9 Å². The van der Waals surface area contributed by atoms with E-state index in [-0.39, 0.29) is 23.1 Å². The standard InChI is InChI=1S/C41H49N5O3/c1-7-45(8-2)25-26-49-32-18-12-17-31(27-32)36-35-21-14-23-42-39(35)46(24-22-30-15-10-9-11-16-30)40(47)38(36)44-41(48)43-37-33(28(3)4)19-13-20-34(37)29(5)6/h9-21,23,27-29H,7-8,22,24-26H2,1-6H3,(H2,43,44,48). The molecule has 5 aromatic rings. The Morgan fingerprint density at radius 1 is 0.837 bits per heavy atom. The molecule has 8 heteroatoms. The molecule has 0 spiro atoms. The molecule has 0 aliphatic heterocycles. The fourth-order valence-electron chi connectivity index (χ4n) is 6.32. The van der Waals surface area contributed by atoms with Crippen molar-refractivity contribution < 1.29 is 9.53 Å². The maximum Gasteiger partial charge on any atom is 0.323 e. The zero-order valence-corrected chi connectivity index (χ0v) is 29.6. The second-order valence-electron chi connectivity index (χ2n) is 12.9. The van der Waals surface area contributed by atoms with Crippen LogP contribution in [0.1, 0.15) is 70.1 Å². The molecule has 256 valence electrons. The summed E-state index contributed by atoms with van der Waals surface area (Å²) in [5.41, 5.74) is 5.77. The summed E-state index contributed by atoms with van der Waals surface area (Å²) in [5, 5.41) is 6.92. The quantitative estimate of drug-likeness (QED) is 0.124. The Bertz CT molecular complexity index is 1900. The molecule has 0 radical (unpaired) electrons. The Morgan fingerprint density at radius 2 is 1.51 bits per heavy atom. The predicted octanol–water partition coefficient (Wildman–Crippen LogP) is 8.92. The number of carbonyl (C=O) groups excluding carboxylic acids is 1. The number of benzene rings is 3. The van der Waals surface area contributed by atoms with Crippen LogP contribution in [0.4, 0.5) is 16.2 Å². The average molecular weight is 660 g/mol. The van der Waals surface area contributed by atoms with Gasteiger partial charge in [0.25, 0.3) is 5.56 Å². The number of hydrogen-bond donors (Lipinski definition) is 2. The number of fused-ring (bicyclic) bond motifs is 1. The predicted molar refractivity (Wildman–Crippen MR) is 202 cm³/mol. The number of nitrogens with zero attached hydrogens (tertiary/aromatic N) is 3. The minimum absolute atomic E-state index is 0.191. The van der Waals surface area contributed by atoms with Crippen molar-refractivity contribution in [3.63, 3.8) is 0 Å². The van der Waals surface area contributed by atoms with Crippen molar-refractivity contribution in [3.8, 4) is 16.9 Å². The maximum absolute atomic E-state index is 14.6. The topological polar surface area (TPSA) is 88.5 Å². The van der Waals surface area contributed by atoms with E-state index in [0.29, 0.717) is 36.5 Å². The third-order valence-corrected chi connectivity index (χ3v) is 9.03. The highest BCUT2D eigenvalue weighted by molar-refractivity contribution is 6.07. The number of hydrogen-bond acceptors (Lipinski definition) is 5. The molecule has 0 atom stereocenters. The van der Waals surface area contributed by atoms with Gasteiger partial charge in [0.15, 0.2) is 0 Å². The van der Waals surface area contributed by atoms with Crippen LogP contribution in [0.15, 0.2) is 95.9 Å². The lowest BCUT2D eigenvalue weighted by Crippen LogP contribution is -2.31. The van der Waals surface area contributed by atoms with E-state index in [1.54, 1.807) is 10.8 Å². The van der Waals surface area contributed by atoms with Gasteiger partial charge in [0.2, 0.25) is 0 Å². The van der Waals surface area contributed by atoms with E-state index >= 15 is 0 Å². The van der Waals surface area contributed by atoms with Crippen molar-refractivity contribution in [2.45, 2.75) is 66.3 Å². The van der Waals surface area contributed by atoms with E-state index in [0.717, 1.165) is 53.0 Å². The Labute approximate surface area is 290 Å². The smallest absolute Gasteiger partial charge is 0.323 e. The average Bonchev–Trinajstić information content (AvgIpc) is 3.10. The Hall–Kier alpha value is -4.95. The summed E-state index contributed by atoms with van der Waals surface area (Å²) >= 11 is 0. The van der Waals surface area contributed by atoms with Gasteiger partial charge in [-0.05, 0) is 77.9 Å². The largest absolute Gasteiger partial charge is 0.492 e. The van der Waals surface area contributed by atoms with Crippen molar-refractivity contribution in [2.24, 2.45) is 0 Å². The van der Waals surface area contributed by atoms with Gasteiger partial charge in [-0.15, -0.1) is 0 Å². The number of amides is 2. The van der Waals surface area contributed by atoms with Crippen molar-refractivity contribution in [1.82, 2.24) is 14.5 Å². The number of para-hydroxylation sites is 1. The lowest BCUT2D eigenvalue weighted by Gasteiger charge is -2.22. The molecule has 2 aromatic heterocycles. The second kappa shape index (κ2) is 16.4. The highest BCUT2D eigenvalue weighted by Gasteiger charge is 2.23. The first kappa shape index (κ1) is 35.4. The van der Waals surface area contributed by atoms with Gasteiger partial charge in [0.05, 0.1) is 0 Å². The van der Waals surface area contributed by atoms with E-state index < -0.39 is 6.03 Å². The van der Waals surface area contributed by atoms with Crippen LogP contribution in [0.3, 0.4) is 0 Å². The first-order valence-corrected chi connectivity index (χ1v) is 17.4. The van der Waals surface area contributed by atoms with E-state index in [1.807, 2.05) is 84.9 Å². The molecule has 2 N–H and O–H groups in total. The van der Waals surface area contributed by atoms with Gasteiger partial charge in [0.1, 0.15) is 23.7 Å². The van der Waals surface area contributed by atoms with Gasteiger partial charge in [-0.25, -0.2) is 9.78 Å². The van der Waals surface area contributed by atoms with Crippen LogP contribution in [0.25, 0.3) is 22.2 Å². The van der Waals surface area contributed by atoms with Crippen LogP contribution in [0.2, 0.25) is 0 Å². The summed E-state index contributed by atoms with van der Waals surface area (Å²) in [6.45, 7) is 16.4. The van der Waals surface area contributed by atoms with E-state index in [2.05, 4.69) is 57.1 Å². The fraction of sp³-hybridized carbons (Fsp3) is 0.341. The highest BCUT2D eigenvalue weighted by atomic mass is 16.5. The van der Waals surface area contributed by atoms with Gasteiger partial charge in [-0.2, -0.15) is 0 Å². The minimum atomic E-state index is -0.474. The Balaban J connectivity index is 1.61. The first-order valence-electron chi connectivity index (χ1n) is 17.4. The molecule has 0 unspecified atom stereocenters. The summed E-state index contributed by atoms with van der Waals surface area (Å²) < 4.78 is 7.86. The fourth-order valence-corrected chi connectivity index (χ4v) is 6.32. The number of pyridine rings is 2. The molecule has 0 bridgehead atoms. The number of urea groups is 1. The first-order chi connectivity index (χ1) is 23.7. The maximum atomic E-state index is 14.6. The lowest BCUT2D eigenvalue weighted by molar-refractivity contribution is 0.223. The summed E-state index contributed by atoms with van der Waals surface area (Å²) in [7, 11) is 0. The van der Waals surface area contributed by atoms with Gasteiger partial charge in [-0.3, -0.25) is 9.36 Å². The Kier molecular flexibility index (Phi) is 11.9. The highest BCUT2D eigenvalue weighted by Crippen LogP contribution is 2.36. The molecule has 2 heterocycles. The van der Waals surface area contributed by atoms with Crippen molar-refractivity contribution >= 4 is 28.4 Å². The monoisotopic (exact) mass is 659 g/mol. The van der Waals surface area contributed by atoms with Crippen LogP contribution >= 0.6 is 0 Å². The van der Waals surface area contributed by atoms with E-state index in [1.165, 1.54) is 0 Å². The molecule has 0 aliphatic carbocycles. The zero-order chi connectivity index (χ0) is 34.9. The van der Waals surface area contributed by atoms with E-state index in [4.69, 9.17) is 9.72 Å². The molecular formula is C41H49N5O3. The number of aryl methyl sites for hydroxylation is 2. The second-order valence-corrected chi connectivity index (χ2v) is 12.9. The number of ether oxygens (including phenoxy) is 1. The van der Waals surface area contributed by atoms with Crippen LogP contribution in [-0.4, -0.2) is 46.7 Å². The summed E-state index contributed by atoms with van der Waals surface area (Å²) in [6.07, 6.45) is 2.33. The molecule has 0 saturated heterocycles. The Morgan fingerprint density at radius 3 is 2.18 bits per heavy atom. The van der Waals surface area contributed by atoms with Crippen molar-refractivity contribution in [1.29, 1.82) is 0 Å². The SMILES string of the molecule is CCN(CC)CCOc1cccc(-c2c(NC(=O)Nc3c(C(C)C)cccc3C(C)C)c(=O)n(CCc3ccccc3)c3ncccc23)c1. The molecular weight excluding hydrogens is 610 g/mol. The molecule has 49 heavy (non-hydrogen) atoms. The van der Waals surface area contributed by atoms with Crippen molar-refractivity contribution in [2.75, 3.05) is 36.9 Å². The summed E-state index contributed by atoms with van der Waals surface area (Å²) in [4.78, 5) is 35.6. The third kappa shape index (κ3) is 8.38. The molecule has 5 rings (SSSR count). The molecule has 0 fully saturated rings.